The smallest absolute Gasteiger partial charge is 0.289 e. The predicted molar refractivity (Wildman–Crippen MR) is 111 cm³/mol. The van der Waals surface area contributed by atoms with Gasteiger partial charge >= 0.3 is 0 Å². The Morgan fingerprint density at radius 3 is 2.76 bits per heavy atom. The number of benzene rings is 3. The third-order valence-electron chi connectivity index (χ3n) is 4.45. The van der Waals surface area contributed by atoms with Gasteiger partial charge in [-0.2, -0.15) is 10.2 Å². The average Bonchev–Trinajstić information content (AvgIpc) is 3.25. The number of aromatic amines is 1. The molecule has 0 radical (unpaired) electrons. The maximum atomic E-state index is 12.3. The molecule has 0 spiro atoms. The Morgan fingerprint density at radius 2 is 1.93 bits per heavy atom. The van der Waals surface area contributed by atoms with E-state index in [2.05, 4.69) is 20.7 Å². The van der Waals surface area contributed by atoms with Crippen LogP contribution in [0.25, 0.3) is 22.0 Å². The standard InChI is InChI=1S/C22H18N4O3/c1-29-21-10-14(6-9-20(21)27)13-23-26-22(28)19-12-18(24-25-19)17-8-7-15-4-2-3-5-16(15)11-17/h2-13,27H,1H3,(H,24,25)(H,26,28)/b23-13-. The van der Waals surface area contributed by atoms with Crippen molar-refractivity contribution in [2.24, 2.45) is 5.10 Å². The molecule has 7 heteroatoms. The maximum Gasteiger partial charge on any atom is 0.289 e. The van der Waals surface area contributed by atoms with Crippen LogP contribution in [-0.4, -0.2) is 34.5 Å². The highest BCUT2D eigenvalue weighted by Gasteiger charge is 2.11. The van der Waals surface area contributed by atoms with E-state index >= 15 is 0 Å². The molecule has 1 amide bonds. The Morgan fingerprint density at radius 1 is 1.10 bits per heavy atom. The molecule has 1 heterocycles. The number of carbonyl (C=O) groups is 1. The number of nitrogens with zero attached hydrogens (tertiary/aromatic N) is 2. The lowest BCUT2D eigenvalue weighted by Gasteiger charge is -2.03. The molecular weight excluding hydrogens is 368 g/mol. The van der Waals surface area contributed by atoms with E-state index in [0.717, 1.165) is 16.3 Å². The minimum atomic E-state index is -0.411. The second kappa shape index (κ2) is 7.85. The minimum absolute atomic E-state index is 0.0346. The summed E-state index contributed by atoms with van der Waals surface area (Å²) in [5.41, 5.74) is 5.01. The number of hydrazone groups is 1. The number of aromatic nitrogens is 2. The van der Waals surface area contributed by atoms with Crippen molar-refractivity contribution < 1.29 is 14.6 Å². The van der Waals surface area contributed by atoms with Crippen LogP contribution in [-0.2, 0) is 0 Å². The van der Waals surface area contributed by atoms with Crippen molar-refractivity contribution in [2.75, 3.05) is 7.11 Å². The fourth-order valence-electron chi connectivity index (χ4n) is 2.93. The second-order valence-corrected chi connectivity index (χ2v) is 6.36. The van der Waals surface area contributed by atoms with Gasteiger partial charge in [-0.3, -0.25) is 9.89 Å². The minimum Gasteiger partial charge on any atom is -0.504 e. The summed E-state index contributed by atoms with van der Waals surface area (Å²) in [6, 6.07) is 20.5. The van der Waals surface area contributed by atoms with Gasteiger partial charge in [0.05, 0.1) is 19.0 Å². The molecule has 0 fully saturated rings. The topological polar surface area (TPSA) is 99.6 Å². The van der Waals surface area contributed by atoms with Crippen molar-refractivity contribution in [3.8, 4) is 22.8 Å². The first kappa shape index (κ1) is 18.2. The Hall–Kier alpha value is -4.13. The molecule has 4 aromatic rings. The van der Waals surface area contributed by atoms with Crippen LogP contribution >= 0.6 is 0 Å². The second-order valence-electron chi connectivity index (χ2n) is 6.36. The number of nitrogens with one attached hydrogen (secondary N) is 2. The fraction of sp³-hybridized carbons (Fsp3) is 0.0455. The molecule has 0 unspecified atom stereocenters. The van der Waals surface area contributed by atoms with E-state index in [4.69, 9.17) is 4.74 Å². The van der Waals surface area contributed by atoms with Gasteiger partial charge in [0.2, 0.25) is 0 Å². The Balaban J connectivity index is 1.46. The largest absolute Gasteiger partial charge is 0.504 e. The van der Waals surface area contributed by atoms with Crippen LogP contribution < -0.4 is 10.2 Å². The molecule has 0 bridgehead atoms. The van der Waals surface area contributed by atoms with Crippen LogP contribution in [0.1, 0.15) is 16.1 Å². The molecule has 0 saturated heterocycles. The summed E-state index contributed by atoms with van der Waals surface area (Å²) in [6.07, 6.45) is 1.46. The number of hydrogen-bond donors (Lipinski definition) is 3. The van der Waals surface area contributed by atoms with Crippen LogP contribution in [0.3, 0.4) is 0 Å². The highest BCUT2D eigenvalue weighted by Crippen LogP contribution is 2.25. The van der Waals surface area contributed by atoms with Gasteiger partial charge in [-0.1, -0.05) is 36.4 Å². The summed E-state index contributed by atoms with van der Waals surface area (Å²) >= 11 is 0. The molecule has 0 saturated carbocycles. The zero-order valence-corrected chi connectivity index (χ0v) is 15.6. The SMILES string of the molecule is COc1cc(/C=N\NC(=O)c2cc(-c3ccc4ccccc4c3)n[nH]2)ccc1O. The monoisotopic (exact) mass is 386 g/mol. The lowest BCUT2D eigenvalue weighted by atomic mass is 10.1. The molecule has 29 heavy (non-hydrogen) atoms. The summed E-state index contributed by atoms with van der Waals surface area (Å²) < 4.78 is 5.04. The quantitative estimate of drug-likeness (QED) is 0.360. The van der Waals surface area contributed by atoms with Crippen molar-refractivity contribution in [3.05, 3.63) is 78.0 Å². The third-order valence-corrected chi connectivity index (χ3v) is 4.45. The van der Waals surface area contributed by atoms with Crippen LogP contribution in [0, 0.1) is 0 Å². The number of carbonyl (C=O) groups excluding carboxylic acids is 1. The van der Waals surface area contributed by atoms with E-state index in [9.17, 15) is 9.90 Å². The lowest BCUT2D eigenvalue weighted by Crippen LogP contribution is -2.18. The van der Waals surface area contributed by atoms with E-state index in [1.165, 1.54) is 19.4 Å². The van der Waals surface area contributed by atoms with Gasteiger partial charge in [0, 0.05) is 5.56 Å². The van der Waals surface area contributed by atoms with Gasteiger partial charge < -0.3 is 9.84 Å². The molecule has 0 aliphatic heterocycles. The normalized spacial score (nSPS) is 11.1. The number of phenolic OH excluding ortho intramolecular Hbond substituents is 1. The van der Waals surface area contributed by atoms with Crippen molar-refractivity contribution in [1.29, 1.82) is 0 Å². The predicted octanol–water partition coefficient (Wildman–Crippen LogP) is 3.71. The molecular formula is C22H18N4O3. The van der Waals surface area contributed by atoms with Gasteiger partial charge in [0.1, 0.15) is 5.69 Å². The number of H-pyrrole nitrogens is 1. The number of rotatable bonds is 5. The van der Waals surface area contributed by atoms with Gasteiger partial charge in [-0.25, -0.2) is 5.43 Å². The molecule has 4 rings (SSSR count). The van der Waals surface area contributed by atoms with Gasteiger partial charge in [0.15, 0.2) is 11.5 Å². The summed E-state index contributed by atoms with van der Waals surface area (Å²) in [6.45, 7) is 0. The van der Waals surface area contributed by atoms with Gasteiger partial charge in [0.25, 0.3) is 5.91 Å². The number of aromatic hydroxyl groups is 1. The van der Waals surface area contributed by atoms with Crippen molar-refractivity contribution in [2.45, 2.75) is 0 Å². The number of fused-ring (bicyclic) bond motifs is 1. The number of amides is 1. The highest BCUT2D eigenvalue weighted by atomic mass is 16.5. The summed E-state index contributed by atoms with van der Waals surface area (Å²) in [4.78, 5) is 12.3. The Kier molecular flexibility index (Phi) is 4.94. The highest BCUT2D eigenvalue weighted by molar-refractivity contribution is 5.94. The zero-order valence-electron chi connectivity index (χ0n) is 15.6. The molecule has 7 nitrogen and oxygen atoms in total. The number of hydrogen-bond acceptors (Lipinski definition) is 5. The van der Waals surface area contributed by atoms with Crippen molar-refractivity contribution >= 4 is 22.9 Å². The van der Waals surface area contributed by atoms with E-state index in [1.807, 2.05) is 42.5 Å². The van der Waals surface area contributed by atoms with Gasteiger partial charge in [-0.05, 0) is 46.7 Å². The van der Waals surface area contributed by atoms with Crippen molar-refractivity contribution in [1.82, 2.24) is 15.6 Å². The summed E-state index contributed by atoms with van der Waals surface area (Å²) in [5.74, 6) is -0.0484. The van der Waals surface area contributed by atoms with E-state index < -0.39 is 5.91 Å². The van der Waals surface area contributed by atoms with Crippen LogP contribution in [0.15, 0.2) is 71.8 Å². The molecule has 0 aliphatic carbocycles. The van der Waals surface area contributed by atoms with Gasteiger partial charge in [-0.15, -0.1) is 0 Å². The number of phenols is 1. The first-order chi connectivity index (χ1) is 14.1. The molecule has 144 valence electrons. The zero-order chi connectivity index (χ0) is 20.2. The number of ether oxygens (including phenoxy) is 1. The van der Waals surface area contributed by atoms with Crippen LogP contribution in [0.4, 0.5) is 0 Å². The Labute approximate surface area is 166 Å². The average molecular weight is 386 g/mol. The molecule has 3 N–H and O–H groups in total. The van der Waals surface area contributed by atoms with Crippen molar-refractivity contribution in [3.63, 3.8) is 0 Å². The first-order valence-electron chi connectivity index (χ1n) is 8.89. The van der Waals surface area contributed by atoms with E-state index in [-0.39, 0.29) is 5.75 Å². The van der Waals surface area contributed by atoms with Crippen LogP contribution in [0.5, 0.6) is 11.5 Å². The summed E-state index contributed by atoms with van der Waals surface area (Å²) in [5, 5.41) is 22.8. The van der Waals surface area contributed by atoms with Crippen LogP contribution in [0.2, 0.25) is 0 Å². The van der Waals surface area contributed by atoms with E-state index in [1.54, 1.807) is 18.2 Å². The fourth-order valence-corrected chi connectivity index (χ4v) is 2.93. The Bertz CT molecular complexity index is 1210. The lowest BCUT2D eigenvalue weighted by molar-refractivity contribution is 0.0950. The first-order valence-corrected chi connectivity index (χ1v) is 8.89. The summed E-state index contributed by atoms with van der Waals surface area (Å²) in [7, 11) is 1.46. The third kappa shape index (κ3) is 3.93. The maximum absolute atomic E-state index is 12.3. The molecule has 1 aromatic heterocycles. The number of methoxy groups -OCH3 is 1. The molecule has 0 atom stereocenters. The molecule has 3 aromatic carbocycles. The molecule has 0 aliphatic rings. The van der Waals surface area contributed by atoms with E-state index in [0.29, 0.717) is 22.7 Å².